The van der Waals surface area contributed by atoms with E-state index in [9.17, 15) is 0 Å². The van der Waals surface area contributed by atoms with Gasteiger partial charge in [-0.2, -0.15) is 0 Å². The van der Waals surface area contributed by atoms with Crippen LogP contribution < -0.4 is 0 Å². The predicted molar refractivity (Wildman–Crippen MR) is 208 cm³/mol. The fourth-order valence-corrected chi connectivity index (χ4v) is 9.21. The molecule has 9 aromatic carbocycles. The Morgan fingerprint density at radius 3 is 1.65 bits per heavy atom. The average Bonchev–Trinajstić information content (AvgIpc) is 3.67. The van der Waals surface area contributed by atoms with E-state index >= 15 is 0 Å². The van der Waals surface area contributed by atoms with Crippen LogP contribution in [0.2, 0.25) is 0 Å². The third-order valence-electron chi connectivity index (χ3n) is 10.2. The molecule has 0 radical (unpaired) electrons. The molecule has 0 fully saturated rings. The van der Waals surface area contributed by atoms with Gasteiger partial charge in [-0.3, -0.25) is 0 Å². The zero-order valence-corrected chi connectivity index (χ0v) is 26.6. The van der Waals surface area contributed by atoms with Crippen LogP contribution in [0.25, 0.3) is 107 Å². The van der Waals surface area contributed by atoms with Crippen molar-refractivity contribution >= 4 is 96.5 Å². The molecule has 11 rings (SSSR count). The van der Waals surface area contributed by atoms with E-state index in [1.165, 1.54) is 80.0 Å². The van der Waals surface area contributed by atoms with E-state index in [4.69, 9.17) is 4.42 Å². The lowest BCUT2D eigenvalue weighted by Gasteiger charge is -2.18. The standard InChI is InChI=1S/C46H26OS/c1-2-12-29-24-43-39(22-28(29)11-1)40-25-38-32-21-20-30(23-41(32)47-42(38)26-44(40)48-43)45-34-15-5-7-17-36(34)46(37-18-8-6-16-35(37)45)33-19-9-13-27-10-3-4-14-31(27)33/h1-26H. The highest BCUT2D eigenvalue weighted by atomic mass is 32.1. The van der Waals surface area contributed by atoms with E-state index in [2.05, 4.69) is 158 Å². The van der Waals surface area contributed by atoms with Crippen LogP contribution in [-0.4, -0.2) is 0 Å². The van der Waals surface area contributed by atoms with Gasteiger partial charge >= 0.3 is 0 Å². The SMILES string of the molecule is c1ccc2cc3c(cc2c1)sc1cc2oc4cc(-c5c6ccccc6c(-c6cccc7ccccc67)c6ccccc56)ccc4c2cc13. The molecule has 0 aliphatic carbocycles. The first-order valence-corrected chi connectivity index (χ1v) is 17.2. The fraction of sp³-hybridized carbons (Fsp3) is 0. The Bertz CT molecular complexity index is 3060. The Labute approximate surface area is 279 Å². The van der Waals surface area contributed by atoms with Crippen LogP contribution in [-0.2, 0) is 0 Å². The third kappa shape index (κ3) is 3.66. The minimum absolute atomic E-state index is 0.918. The first-order chi connectivity index (χ1) is 23.8. The molecule has 0 N–H and O–H groups in total. The van der Waals surface area contributed by atoms with Crippen molar-refractivity contribution in [2.45, 2.75) is 0 Å². The largest absolute Gasteiger partial charge is 0.456 e. The van der Waals surface area contributed by atoms with Crippen molar-refractivity contribution in [3.05, 3.63) is 158 Å². The third-order valence-corrected chi connectivity index (χ3v) is 11.3. The van der Waals surface area contributed by atoms with Crippen LogP contribution in [0.4, 0.5) is 0 Å². The quantitative estimate of drug-likeness (QED) is 0.174. The molecule has 222 valence electrons. The summed E-state index contributed by atoms with van der Waals surface area (Å²) in [7, 11) is 0. The Balaban J connectivity index is 1.16. The zero-order chi connectivity index (χ0) is 31.3. The van der Waals surface area contributed by atoms with Crippen LogP contribution in [0.5, 0.6) is 0 Å². The second-order valence-corrected chi connectivity index (χ2v) is 13.9. The second-order valence-electron chi connectivity index (χ2n) is 12.8. The maximum atomic E-state index is 6.67. The van der Waals surface area contributed by atoms with E-state index in [-0.39, 0.29) is 0 Å². The lowest BCUT2D eigenvalue weighted by atomic mass is 9.84. The number of hydrogen-bond donors (Lipinski definition) is 0. The van der Waals surface area contributed by atoms with Gasteiger partial charge in [0.2, 0.25) is 0 Å². The number of furan rings is 1. The smallest absolute Gasteiger partial charge is 0.136 e. The van der Waals surface area contributed by atoms with Crippen LogP contribution in [0.1, 0.15) is 0 Å². The molecule has 11 aromatic rings. The first kappa shape index (κ1) is 26.1. The molecule has 2 heteroatoms. The maximum Gasteiger partial charge on any atom is 0.136 e. The molecule has 0 aliphatic heterocycles. The van der Waals surface area contributed by atoms with Gasteiger partial charge in [-0.05, 0) is 102 Å². The number of fused-ring (bicyclic) bond motifs is 10. The molecule has 0 bridgehead atoms. The van der Waals surface area contributed by atoms with Gasteiger partial charge in [0, 0.05) is 30.9 Å². The Kier molecular flexibility index (Phi) is 5.32. The second kappa shape index (κ2) is 9.78. The Morgan fingerprint density at radius 1 is 0.333 bits per heavy atom. The van der Waals surface area contributed by atoms with E-state index in [1.807, 2.05) is 11.3 Å². The topological polar surface area (TPSA) is 13.1 Å². The minimum Gasteiger partial charge on any atom is -0.456 e. The summed E-state index contributed by atoms with van der Waals surface area (Å²) in [4.78, 5) is 0. The molecule has 2 aromatic heterocycles. The molecule has 0 saturated heterocycles. The molecule has 0 saturated carbocycles. The summed E-state index contributed by atoms with van der Waals surface area (Å²) in [5.41, 5.74) is 6.81. The van der Waals surface area contributed by atoms with Gasteiger partial charge < -0.3 is 4.42 Å². The number of benzene rings is 9. The molecule has 2 heterocycles. The Hall–Kier alpha value is -5.96. The molecule has 1 nitrogen and oxygen atoms in total. The van der Waals surface area contributed by atoms with E-state index < -0.39 is 0 Å². The van der Waals surface area contributed by atoms with Crippen molar-refractivity contribution < 1.29 is 4.42 Å². The van der Waals surface area contributed by atoms with Gasteiger partial charge in [0.25, 0.3) is 0 Å². The Morgan fingerprint density at radius 2 is 0.896 bits per heavy atom. The van der Waals surface area contributed by atoms with Gasteiger partial charge in [-0.1, -0.05) is 121 Å². The maximum absolute atomic E-state index is 6.67. The normalized spacial score (nSPS) is 12.2. The number of thiophene rings is 1. The average molecular weight is 627 g/mol. The molecule has 0 unspecified atom stereocenters. The summed E-state index contributed by atoms with van der Waals surface area (Å²) >= 11 is 1.84. The van der Waals surface area contributed by atoms with E-state index in [1.54, 1.807) is 0 Å². The van der Waals surface area contributed by atoms with Crippen molar-refractivity contribution in [1.29, 1.82) is 0 Å². The number of hydrogen-bond acceptors (Lipinski definition) is 2. The molecule has 0 aliphatic rings. The zero-order valence-electron chi connectivity index (χ0n) is 25.8. The van der Waals surface area contributed by atoms with Gasteiger partial charge in [0.15, 0.2) is 0 Å². The van der Waals surface area contributed by atoms with Crippen molar-refractivity contribution in [3.8, 4) is 22.3 Å². The molecular formula is C46H26OS. The van der Waals surface area contributed by atoms with Gasteiger partial charge in [-0.15, -0.1) is 11.3 Å². The summed E-state index contributed by atoms with van der Waals surface area (Å²) < 4.78 is 9.24. The van der Waals surface area contributed by atoms with Crippen LogP contribution in [0, 0.1) is 0 Å². The van der Waals surface area contributed by atoms with Crippen LogP contribution >= 0.6 is 11.3 Å². The van der Waals surface area contributed by atoms with Crippen molar-refractivity contribution in [1.82, 2.24) is 0 Å². The summed E-state index contributed by atoms with van der Waals surface area (Å²) in [5.74, 6) is 0. The summed E-state index contributed by atoms with van der Waals surface area (Å²) in [5, 5.41) is 15.0. The van der Waals surface area contributed by atoms with Gasteiger partial charge in [0.1, 0.15) is 11.2 Å². The van der Waals surface area contributed by atoms with Crippen molar-refractivity contribution in [2.24, 2.45) is 0 Å². The van der Waals surface area contributed by atoms with Crippen LogP contribution in [0.15, 0.2) is 162 Å². The molecule has 48 heavy (non-hydrogen) atoms. The van der Waals surface area contributed by atoms with Crippen molar-refractivity contribution in [3.63, 3.8) is 0 Å². The minimum atomic E-state index is 0.918. The monoisotopic (exact) mass is 626 g/mol. The highest BCUT2D eigenvalue weighted by molar-refractivity contribution is 7.26. The summed E-state index contributed by atoms with van der Waals surface area (Å²) in [6.07, 6.45) is 0. The van der Waals surface area contributed by atoms with Crippen LogP contribution in [0.3, 0.4) is 0 Å². The molecular weight excluding hydrogens is 601 g/mol. The number of rotatable bonds is 2. The highest BCUT2D eigenvalue weighted by Crippen LogP contribution is 2.47. The lowest BCUT2D eigenvalue weighted by molar-refractivity contribution is 0.669. The van der Waals surface area contributed by atoms with Gasteiger partial charge in [-0.25, -0.2) is 0 Å². The highest BCUT2D eigenvalue weighted by Gasteiger charge is 2.19. The van der Waals surface area contributed by atoms with Crippen molar-refractivity contribution in [2.75, 3.05) is 0 Å². The molecule has 0 atom stereocenters. The predicted octanol–water partition coefficient (Wildman–Crippen LogP) is 13.9. The fourth-order valence-electron chi connectivity index (χ4n) is 8.06. The molecule has 0 spiro atoms. The van der Waals surface area contributed by atoms with Gasteiger partial charge in [0.05, 0.1) is 0 Å². The first-order valence-electron chi connectivity index (χ1n) is 16.4. The lowest BCUT2D eigenvalue weighted by Crippen LogP contribution is -1.91. The van der Waals surface area contributed by atoms with E-state index in [0.29, 0.717) is 0 Å². The summed E-state index contributed by atoms with van der Waals surface area (Å²) in [6, 6.07) is 57.8. The molecule has 0 amide bonds. The summed E-state index contributed by atoms with van der Waals surface area (Å²) in [6.45, 7) is 0. The van der Waals surface area contributed by atoms with E-state index in [0.717, 1.165) is 27.5 Å².